The fraction of sp³-hybridized carbons (Fsp3) is 0.333. The highest BCUT2D eigenvalue weighted by Crippen LogP contribution is 2.45. The number of hydrogen-bond donors (Lipinski definition) is 2. The number of amides is 1. The van der Waals surface area contributed by atoms with Gasteiger partial charge in [-0.3, -0.25) is 9.89 Å². The number of phenolic OH excluding ortho intramolecular Hbond substituents is 1. The zero-order chi connectivity index (χ0) is 22.1. The van der Waals surface area contributed by atoms with Crippen LogP contribution in [-0.2, 0) is 4.74 Å². The van der Waals surface area contributed by atoms with Crippen LogP contribution in [0.3, 0.4) is 0 Å². The van der Waals surface area contributed by atoms with E-state index in [0.717, 1.165) is 23.1 Å². The fourth-order valence-corrected chi connectivity index (χ4v) is 4.19. The number of ether oxygens (including phenoxy) is 1. The molecular formula is C24H26ClN3O3. The summed E-state index contributed by atoms with van der Waals surface area (Å²) in [5.74, 6) is -0.0240. The Hall–Kier alpha value is -2.83. The molecular weight excluding hydrogens is 414 g/mol. The molecule has 2 heterocycles. The monoisotopic (exact) mass is 439 g/mol. The van der Waals surface area contributed by atoms with Crippen molar-refractivity contribution in [1.29, 1.82) is 0 Å². The summed E-state index contributed by atoms with van der Waals surface area (Å²) in [5, 5.41) is 18.5. The van der Waals surface area contributed by atoms with Crippen LogP contribution >= 0.6 is 11.6 Å². The smallest absolute Gasteiger partial charge is 0.273 e. The van der Waals surface area contributed by atoms with E-state index in [1.54, 1.807) is 12.1 Å². The molecule has 31 heavy (non-hydrogen) atoms. The second-order valence-corrected chi connectivity index (χ2v) is 8.47. The minimum atomic E-state index is -0.309. The molecule has 4 rings (SSSR count). The summed E-state index contributed by atoms with van der Waals surface area (Å²) in [6.07, 6.45) is 0.874. The standard InChI is InChI=1S/C24H26ClN3O3/c1-14(2)31-11-7-10-28-23(16-8-5-4-6-9-16)20-21(26-27-22(20)24(28)30)17-13-18(25)15(3)12-19(17)29/h4-6,8-9,12-14,23,29H,7,10-11H2,1-3H3,(H,26,27). The lowest BCUT2D eigenvalue weighted by atomic mass is 9.95. The molecule has 0 spiro atoms. The number of carbonyl (C=O) groups is 1. The number of nitrogens with zero attached hydrogens (tertiary/aromatic N) is 2. The van der Waals surface area contributed by atoms with Crippen molar-refractivity contribution in [3.05, 3.63) is 69.9 Å². The van der Waals surface area contributed by atoms with Crippen molar-refractivity contribution in [3.8, 4) is 17.0 Å². The van der Waals surface area contributed by atoms with Gasteiger partial charge in [-0.2, -0.15) is 5.10 Å². The number of carbonyl (C=O) groups excluding carboxylic acids is 1. The number of aryl methyl sites for hydroxylation is 1. The van der Waals surface area contributed by atoms with Crippen molar-refractivity contribution >= 4 is 17.5 Å². The Labute approximate surface area is 186 Å². The van der Waals surface area contributed by atoms with E-state index in [2.05, 4.69) is 10.2 Å². The normalized spacial score (nSPS) is 15.7. The van der Waals surface area contributed by atoms with E-state index in [1.807, 2.05) is 56.0 Å². The van der Waals surface area contributed by atoms with Gasteiger partial charge in [0.1, 0.15) is 17.1 Å². The third-order valence-electron chi connectivity index (χ3n) is 5.51. The lowest BCUT2D eigenvalue weighted by molar-refractivity contribution is 0.0601. The van der Waals surface area contributed by atoms with Crippen molar-refractivity contribution in [2.24, 2.45) is 0 Å². The highest BCUT2D eigenvalue weighted by Gasteiger charge is 2.42. The average molecular weight is 440 g/mol. The molecule has 6 nitrogen and oxygen atoms in total. The first-order valence-electron chi connectivity index (χ1n) is 10.4. The summed E-state index contributed by atoms with van der Waals surface area (Å²) in [7, 11) is 0. The molecule has 0 saturated carbocycles. The van der Waals surface area contributed by atoms with Crippen LogP contribution in [0.2, 0.25) is 5.02 Å². The molecule has 1 amide bonds. The topological polar surface area (TPSA) is 78.5 Å². The first-order valence-corrected chi connectivity index (χ1v) is 10.8. The molecule has 1 unspecified atom stereocenters. The Morgan fingerprint density at radius 3 is 2.71 bits per heavy atom. The van der Waals surface area contributed by atoms with Crippen LogP contribution in [0, 0.1) is 6.92 Å². The molecule has 0 saturated heterocycles. The number of aromatic nitrogens is 2. The number of benzene rings is 2. The van der Waals surface area contributed by atoms with E-state index in [1.165, 1.54) is 0 Å². The van der Waals surface area contributed by atoms with E-state index >= 15 is 0 Å². The van der Waals surface area contributed by atoms with Crippen LogP contribution in [0.1, 0.15) is 53.5 Å². The predicted molar refractivity (Wildman–Crippen MR) is 120 cm³/mol. The maximum atomic E-state index is 13.3. The van der Waals surface area contributed by atoms with Crippen molar-refractivity contribution < 1.29 is 14.6 Å². The van der Waals surface area contributed by atoms with E-state index in [0.29, 0.717) is 35.1 Å². The Balaban J connectivity index is 1.76. The second kappa shape index (κ2) is 8.73. The number of aromatic amines is 1. The third kappa shape index (κ3) is 4.05. The molecule has 162 valence electrons. The lowest BCUT2D eigenvalue weighted by Gasteiger charge is -2.26. The molecule has 3 aromatic rings. The maximum absolute atomic E-state index is 13.3. The van der Waals surface area contributed by atoms with Gasteiger partial charge in [0.25, 0.3) is 5.91 Å². The van der Waals surface area contributed by atoms with Gasteiger partial charge in [0.05, 0.1) is 12.1 Å². The van der Waals surface area contributed by atoms with Crippen LogP contribution < -0.4 is 0 Å². The van der Waals surface area contributed by atoms with Gasteiger partial charge in [0.15, 0.2) is 0 Å². The van der Waals surface area contributed by atoms with Crippen molar-refractivity contribution in [2.75, 3.05) is 13.2 Å². The minimum absolute atomic E-state index is 0.0826. The molecule has 2 N–H and O–H groups in total. The Morgan fingerprint density at radius 1 is 1.26 bits per heavy atom. The molecule has 1 aromatic heterocycles. The average Bonchev–Trinajstić information content (AvgIpc) is 3.28. The molecule has 0 aliphatic carbocycles. The van der Waals surface area contributed by atoms with Crippen LogP contribution in [0.4, 0.5) is 0 Å². The van der Waals surface area contributed by atoms with E-state index in [4.69, 9.17) is 16.3 Å². The van der Waals surface area contributed by atoms with Crippen molar-refractivity contribution in [1.82, 2.24) is 15.1 Å². The number of aromatic hydroxyl groups is 1. The molecule has 1 aliphatic rings. The van der Waals surface area contributed by atoms with Gasteiger partial charge in [-0.15, -0.1) is 0 Å². The molecule has 0 radical (unpaired) electrons. The molecule has 1 aliphatic heterocycles. The molecule has 0 fully saturated rings. The quantitative estimate of drug-likeness (QED) is 0.502. The summed E-state index contributed by atoms with van der Waals surface area (Å²) in [4.78, 5) is 15.1. The van der Waals surface area contributed by atoms with Gasteiger partial charge in [0.2, 0.25) is 0 Å². The molecule has 0 bridgehead atoms. The maximum Gasteiger partial charge on any atom is 0.273 e. The number of halogens is 1. The second-order valence-electron chi connectivity index (χ2n) is 8.06. The first-order chi connectivity index (χ1) is 14.9. The number of rotatable bonds is 7. The summed E-state index contributed by atoms with van der Waals surface area (Å²) in [6.45, 7) is 6.95. The van der Waals surface area contributed by atoms with E-state index in [9.17, 15) is 9.90 Å². The van der Waals surface area contributed by atoms with Gasteiger partial charge in [-0.25, -0.2) is 0 Å². The zero-order valence-corrected chi connectivity index (χ0v) is 18.6. The fourth-order valence-electron chi connectivity index (χ4n) is 4.02. The van der Waals surface area contributed by atoms with Crippen molar-refractivity contribution in [2.45, 2.75) is 39.3 Å². The number of nitrogens with one attached hydrogen (secondary N) is 1. The first kappa shape index (κ1) is 21.4. The van der Waals surface area contributed by atoms with Gasteiger partial charge in [0, 0.05) is 29.3 Å². The van der Waals surface area contributed by atoms with Gasteiger partial charge < -0.3 is 14.7 Å². The zero-order valence-electron chi connectivity index (χ0n) is 17.9. The van der Waals surface area contributed by atoms with Crippen LogP contribution in [-0.4, -0.2) is 45.4 Å². The Bertz CT molecular complexity index is 1090. The summed E-state index contributed by atoms with van der Waals surface area (Å²) in [6, 6.07) is 12.9. The largest absolute Gasteiger partial charge is 0.507 e. The Morgan fingerprint density at radius 2 is 2.00 bits per heavy atom. The van der Waals surface area contributed by atoms with Crippen molar-refractivity contribution in [3.63, 3.8) is 0 Å². The van der Waals surface area contributed by atoms with Gasteiger partial charge in [-0.05, 0) is 50.5 Å². The SMILES string of the molecule is Cc1cc(O)c(-c2n[nH]c3c2C(c2ccccc2)N(CCCOC(C)C)C3=O)cc1Cl. The summed E-state index contributed by atoms with van der Waals surface area (Å²) < 4.78 is 5.66. The number of hydrogen-bond acceptors (Lipinski definition) is 4. The number of fused-ring (bicyclic) bond motifs is 1. The molecule has 2 aromatic carbocycles. The van der Waals surface area contributed by atoms with Gasteiger partial charge >= 0.3 is 0 Å². The third-order valence-corrected chi connectivity index (χ3v) is 5.91. The Kier molecular flexibility index (Phi) is 6.03. The predicted octanol–water partition coefficient (Wildman–Crippen LogP) is 5.10. The number of H-pyrrole nitrogens is 1. The highest BCUT2D eigenvalue weighted by molar-refractivity contribution is 6.31. The lowest BCUT2D eigenvalue weighted by Crippen LogP contribution is -2.31. The minimum Gasteiger partial charge on any atom is -0.507 e. The molecule has 7 heteroatoms. The summed E-state index contributed by atoms with van der Waals surface area (Å²) in [5.41, 5.74) is 4.02. The summed E-state index contributed by atoms with van der Waals surface area (Å²) >= 11 is 6.33. The van der Waals surface area contributed by atoms with E-state index in [-0.39, 0.29) is 23.8 Å². The number of phenols is 1. The highest BCUT2D eigenvalue weighted by atomic mass is 35.5. The van der Waals surface area contributed by atoms with Gasteiger partial charge in [-0.1, -0.05) is 41.9 Å². The van der Waals surface area contributed by atoms with E-state index < -0.39 is 0 Å². The van der Waals surface area contributed by atoms with Crippen LogP contribution in [0.5, 0.6) is 5.75 Å². The van der Waals surface area contributed by atoms with Crippen LogP contribution in [0.15, 0.2) is 42.5 Å². The molecule has 1 atom stereocenters. The van der Waals surface area contributed by atoms with Crippen LogP contribution in [0.25, 0.3) is 11.3 Å².